The fourth-order valence-electron chi connectivity index (χ4n) is 5.68. The summed E-state index contributed by atoms with van der Waals surface area (Å²) in [5.74, 6) is 2.94. The van der Waals surface area contributed by atoms with Crippen molar-refractivity contribution in [2.75, 3.05) is 38.4 Å². The average molecular weight is 604 g/mol. The Morgan fingerprint density at radius 3 is 2.39 bits per heavy atom. The maximum Gasteiger partial charge on any atom is 0.232 e. The van der Waals surface area contributed by atoms with Crippen LogP contribution in [0.4, 0.5) is 5.82 Å². The summed E-state index contributed by atoms with van der Waals surface area (Å²) in [7, 11) is 1.62. The van der Waals surface area contributed by atoms with Crippen molar-refractivity contribution < 1.29 is 23.7 Å². The van der Waals surface area contributed by atoms with Gasteiger partial charge in [0.05, 0.1) is 32.2 Å². The minimum atomic E-state index is -0.121. The predicted octanol–water partition coefficient (Wildman–Crippen LogP) is 5.13. The molecule has 10 nitrogen and oxygen atoms in total. The summed E-state index contributed by atoms with van der Waals surface area (Å²) >= 11 is 0. The van der Waals surface area contributed by atoms with Gasteiger partial charge in [0.1, 0.15) is 18.5 Å². The lowest BCUT2D eigenvalue weighted by atomic mass is 9.83. The molecule has 1 saturated heterocycles. The standard InChI is InChI=1S/C34H45N5O5/c1-34(2,3)28-19-35-29(38-33(28)44-27-22-42-23-27)18-25-10-13-26(14-11-25)39(32(40)15-12-24-8-6-5-7-9-24)30-20-37-31(21-36-30)43-17-16-41-4/h5-9,19-21,25-27H,10-18,22-23H2,1-4H3. The van der Waals surface area contributed by atoms with Crippen LogP contribution < -0.4 is 14.4 Å². The molecule has 2 aromatic heterocycles. The van der Waals surface area contributed by atoms with Gasteiger partial charge in [0.15, 0.2) is 5.82 Å². The van der Waals surface area contributed by atoms with Gasteiger partial charge in [-0.25, -0.2) is 15.0 Å². The Kier molecular flexibility index (Phi) is 10.8. The van der Waals surface area contributed by atoms with Crippen molar-refractivity contribution in [1.82, 2.24) is 19.9 Å². The number of aromatic nitrogens is 4. The van der Waals surface area contributed by atoms with E-state index in [1.807, 2.05) is 29.3 Å². The van der Waals surface area contributed by atoms with Crippen molar-refractivity contribution in [3.05, 3.63) is 65.9 Å². The first kappa shape index (κ1) is 31.8. The van der Waals surface area contributed by atoms with Gasteiger partial charge in [0, 0.05) is 37.8 Å². The molecule has 0 spiro atoms. The first-order chi connectivity index (χ1) is 21.3. The first-order valence-electron chi connectivity index (χ1n) is 15.7. The largest absolute Gasteiger partial charge is 0.474 e. The van der Waals surface area contributed by atoms with Crippen LogP contribution in [0.25, 0.3) is 0 Å². The Hall–Kier alpha value is -3.63. The number of hydrogen-bond acceptors (Lipinski definition) is 9. The Morgan fingerprint density at radius 2 is 1.75 bits per heavy atom. The molecular formula is C34H45N5O5. The van der Waals surface area contributed by atoms with Crippen LogP contribution in [-0.4, -0.2) is 71.5 Å². The van der Waals surface area contributed by atoms with Crippen molar-refractivity contribution in [2.45, 2.75) is 83.3 Å². The highest BCUT2D eigenvalue weighted by Gasteiger charge is 2.32. The minimum absolute atomic E-state index is 0.0470. The maximum absolute atomic E-state index is 13.7. The topological polar surface area (TPSA) is 109 Å². The zero-order valence-electron chi connectivity index (χ0n) is 26.4. The third-order valence-electron chi connectivity index (χ3n) is 8.29. The molecule has 0 atom stereocenters. The fourth-order valence-corrected chi connectivity index (χ4v) is 5.68. The Balaban J connectivity index is 1.25. The molecule has 0 radical (unpaired) electrons. The second-order valence-electron chi connectivity index (χ2n) is 12.7. The lowest BCUT2D eigenvalue weighted by Gasteiger charge is -2.36. The zero-order chi connectivity index (χ0) is 30.9. The van der Waals surface area contributed by atoms with Gasteiger partial charge < -0.3 is 18.9 Å². The number of carbonyl (C=O) groups is 1. The van der Waals surface area contributed by atoms with Crippen LogP contribution in [0.2, 0.25) is 0 Å². The molecule has 1 saturated carbocycles. The van der Waals surface area contributed by atoms with E-state index in [9.17, 15) is 4.79 Å². The van der Waals surface area contributed by atoms with Gasteiger partial charge >= 0.3 is 0 Å². The molecular weight excluding hydrogens is 558 g/mol. The number of amides is 1. The van der Waals surface area contributed by atoms with Crippen LogP contribution in [-0.2, 0) is 32.5 Å². The lowest BCUT2D eigenvalue weighted by molar-refractivity contribution is -0.119. The number of benzene rings is 1. The molecule has 1 amide bonds. The highest BCUT2D eigenvalue weighted by Crippen LogP contribution is 2.34. The molecule has 10 heteroatoms. The average Bonchev–Trinajstić information content (AvgIpc) is 3.00. The molecule has 2 fully saturated rings. The van der Waals surface area contributed by atoms with Crippen molar-refractivity contribution in [3.63, 3.8) is 0 Å². The number of methoxy groups -OCH3 is 1. The summed E-state index contributed by atoms with van der Waals surface area (Å²) in [5.41, 5.74) is 2.03. The van der Waals surface area contributed by atoms with Crippen LogP contribution in [0.3, 0.4) is 0 Å². The van der Waals surface area contributed by atoms with E-state index >= 15 is 0 Å². The number of rotatable bonds is 13. The van der Waals surface area contributed by atoms with E-state index in [1.54, 1.807) is 19.5 Å². The molecule has 44 heavy (non-hydrogen) atoms. The third-order valence-corrected chi connectivity index (χ3v) is 8.29. The third kappa shape index (κ3) is 8.51. The number of nitrogens with zero attached hydrogens (tertiary/aromatic N) is 5. The van der Waals surface area contributed by atoms with Crippen molar-refractivity contribution in [2.24, 2.45) is 5.92 Å². The molecule has 3 heterocycles. The molecule has 3 aromatic rings. The maximum atomic E-state index is 13.7. The molecule has 0 unspecified atom stereocenters. The van der Waals surface area contributed by atoms with E-state index in [0.29, 0.717) is 62.8 Å². The highest BCUT2D eigenvalue weighted by atomic mass is 16.6. The summed E-state index contributed by atoms with van der Waals surface area (Å²) in [4.78, 5) is 34.2. The SMILES string of the molecule is COCCOc1cnc(N(C(=O)CCc2ccccc2)C2CCC(Cc3ncc(C(C)(C)C)c(OC4COC4)n3)CC2)cn1. The van der Waals surface area contributed by atoms with Crippen LogP contribution in [0.1, 0.15) is 69.8 Å². The van der Waals surface area contributed by atoms with Crippen LogP contribution in [0.5, 0.6) is 11.8 Å². The molecule has 0 bridgehead atoms. The summed E-state index contributed by atoms with van der Waals surface area (Å²) in [5, 5.41) is 0. The summed E-state index contributed by atoms with van der Waals surface area (Å²) in [6.07, 6.45) is 10.8. The van der Waals surface area contributed by atoms with E-state index in [4.69, 9.17) is 28.9 Å². The number of carbonyl (C=O) groups excluding carboxylic acids is 1. The Morgan fingerprint density at radius 1 is 0.977 bits per heavy atom. The van der Waals surface area contributed by atoms with Gasteiger partial charge in [-0.3, -0.25) is 9.69 Å². The van der Waals surface area contributed by atoms with Gasteiger partial charge in [0.2, 0.25) is 17.7 Å². The number of ether oxygens (including phenoxy) is 4. The monoisotopic (exact) mass is 603 g/mol. The van der Waals surface area contributed by atoms with Gasteiger partial charge in [-0.1, -0.05) is 51.1 Å². The van der Waals surface area contributed by atoms with Gasteiger partial charge in [-0.2, -0.15) is 4.98 Å². The van der Waals surface area contributed by atoms with Crippen LogP contribution in [0, 0.1) is 5.92 Å². The van der Waals surface area contributed by atoms with Crippen molar-refractivity contribution in [3.8, 4) is 11.8 Å². The molecule has 2 aliphatic rings. The lowest BCUT2D eigenvalue weighted by Crippen LogP contribution is -2.43. The van der Waals surface area contributed by atoms with E-state index in [1.165, 1.54) is 0 Å². The van der Waals surface area contributed by atoms with Gasteiger partial charge in [-0.05, 0) is 49.0 Å². The van der Waals surface area contributed by atoms with E-state index < -0.39 is 0 Å². The quantitative estimate of drug-likeness (QED) is 0.246. The minimum Gasteiger partial charge on any atom is -0.474 e. The zero-order valence-corrected chi connectivity index (χ0v) is 26.4. The van der Waals surface area contributed by atoms with E-state index in [-0.39, 0.29) is 23.5 Å². The molecule has 1 aromatic carbocycles. The normalized spacial score (nSPS) is 18.8. The predicted molar refractivity (Wildman–Crippen MR) is 167 cm³/mol. The summed E-state index contributed by atoms with van der Waals surface area (Å²) in [6.45, 7) is 8.50. The molecule has 236 valence electrons. The molecule has 1 aliphatic heterocycles. The van der Waals surface area contributed by atoms with Gasteiger partial charge in [-0.15, -0.1) is 0 Å². The Bertz CT molecular complexity index is 1340. The number of anilines is 1. The number of aryl methyl sites for hydroxylation is 1. The van der Waals surface area contributed by atoms with E-state index in [2.05, 4.69) is 42.9 Å². The summed E-state index contributed by atoms with van der Waals surface area (Å²) in [6, 6.07) is 10.2. The molecule has 1 aliphatic carbocycles. The molecule has 5 rings (SSSR count). The fraction of sp³-hybridized carbons (Fsp3) is 0.559. The van der Waals surface area contributed by atoms with E-state index in [0.717, 1.165) is 49.1 Å². The van der Waals surface area contributed by atoms with Crippen molar-refractivity contribution in [1.29, 1.82) is 0 Å². The van der Waals surface area contributed by atoms with Crippen LogP contribution in [0.15, 0.2) is 48.9 Å². The van der Waals surface area contributed by atoms with Crippen molar-refractivity contribution >= 4 is 11.7 Å². The Labute approximate surface area is 260 Å². The second kappa shape index (κ2) is 14.9. The smallest absolute Gasteiger partial charge is 0.232 e. The number of hydrogen-bond donors (Lipinski definition) is 0. The van der Waals surface area contributed by atoms with Gasteiger partial charge in [0.25, 0.3) is 0 Å². The second-order valence-corrected chi connectivity index (χ2v) is 12.7. The molecule has 0 N–H and O–H groups in total. The highest BCUT2D eigenvalue weighted by molar-refractivity contribution is 5.93. The first-order valence-corrected chi connectivity index (χ1v) is 15.7. The summed E-state index contributed by atoms with van der Waals surface area (Å²) < 4.78 is 22.2. The van der Waals surface area contributed by atoms with Crippen LogP contribution >= 0.6 is 0 Å².